The Morgan fingerprint density at radius 2 is 1.79 bits per heavy atom. The van der Waals surface area contributed by atoms with Crippen molar-refractivity contribution < 1.29 is 13.2 Å². The zero-order valence-electron chi connectivity index (χ0n) is 11.4. The van der Waals surface area contributed by atoms with Gasteiger partial charge in [0.1, 0.15) is 4.90 Å². The van der Waals surface area contributed by atoms with E-state index in [0.717, 1.165) is 0 Å². The standard InChI is InChI=1S/C12H19N3O3S/c1-7-5-6-8(2)11(10(7)13)19(17,18)15-9(3)12(16)14-4/h5-6,9,15H,13H2,1-4H3,(H,14,16). The number of sulfonamides is 1. The molecule has 0 aliphatic carbocycles. The van der Waals surface area contributed by atoms with Crippen molar-refractivity contribution in [3.05, 3.63) is 23.3 Å². The van der Waals surface area contributed by atoms with Gasteiger partial charge >= 0.3 is 0 Å². The van der Waals surface area contributed by atoms with Gasteiger partial charge in [-0.1, -0.05) is 12.1 Å². The van der Waals surface area contributed by atoms with Crippen LogP contribution in [0.2, 0.25) is 0 Å². The second-order valence-electron chi connectivity index (χ2n) is 4.40. The fourth-order valence-electron chi connectivity index (χ4n) is 1.73. The molecule has 0 saturated heterocycles. The number of benzene rings is 1. The summed E-state index contributed by atoms with van der Waals surface area (Å²) in [6.07, 6.45) is 0. The van der Waals surface area contributed by atoms with Crippen LogP contribution in [0.15, 0.2) is 17.0 Å². The Hall–Kier alpha value is -1.60. The molecule has 1 amide bonds. The van der Waals surface area contributed by atoms with Crippen molar-refractivity contribution in [1.29, 1.82) is 0 Å². The van der Waals surface area contributed by atoms with Gasteiger partial charge in [-0.25, -0.2) is 8.42 Å². The molecule has 1 rings (SSSR count). The lowest BCUT2D eigenvalue weighted by atomic mass is 10.1. The van der Waals surface area contributed by atoms with Crippen LogP contribution in [0.5, 0.6) is 0 Å². The smallest absolute Gasteiger partial charge is 0.243 e. The number of carbonyl (C=O) groups excluding carboxylic acids is 1. The number of amides is 1. The minimum Gasteiger partial charge on any atom is -0.397 e. The molecule has 1 unspecified atom stereocenters. The van der Waals surface area contributed by atoms with Gasteiger partial charge in [-0.2, -0.15) is 4.72 Å². The van der Waals surface area contributed by atoms with Crippen LogP contribution in [0.25, 0.3) is 0 Å². The lowest BCUT2D eigenvalue weighted by Gasteiger charge is -2.16. The van der Waals surface area contributed by atoms with Crippen LogP contribution in [0.3, 0.4) is 0 Å². The summed E-state index contributed by atoms with van der Waals surface area (Å²) in [5.74, 6) is -0.410. The van der Waals surface area contributed by atoms with Crippen molar-refractivity contribution in [3.8, 4) is 0 Å². The molecule has 106 valence electrons. The monoisotopic (exact) mass is 285 g/mol. The van der Waals surface area contributed by atoms with Crippen LogP contribution in [-0.4, -0.2) is 27.4 Å². The van der Waals surface area contributed by atoms with E-state index in [1.54, 1.807) is 26.0 Å². The first-order valence-corrected chi connectivity index (χ1v) is 7.28. The highest BCUT2D eigenvalue weighted by atomic mass is 32.2. The van der Waals surface area contributed by atoms with Crippen molar-refractivity contribution in [2.24, 2.45) is 0 Å². The van der Waals surface area contributed by atoms with Crippen molar-refractivity contribution in [2.45, 2.75) is 31.7 Å². The predicted octanol–water partition coefficient (Wildman–Crippen LogP) is 0.298. The van der Waals surface area contributed by atoms with Crippen LogP contribution in [0.1, 0.15) is 18.1 Å². The molecule has 1 aromatic rings. The third-order valence-corrected chi connectivity index (χ3v) is 4.59. The summed E-state index contributed by atoms with van der Waals surface area (Å²) in [5, 5.41) is 2.38. The molecule has 19 heavy (non-hydrogen) atoms. The van der Waals surface area contributed by atoms with Gasteiger partial charge in [0, 0.05) is 7.05 Å². The van der Waals surface area contributed by atoms with Gasteiger partial charge < -0.3 is 11.1 Å². The molecule has 0 aliphatic heterocycles. The summed E-state index contributed by atoms with van der Waals surface area (Å²) in [6, 6.07) is 2.57. The summed E-state index contributed by atoms with van der Waals surface area (Å²) in [6.45, 7) is 4.86. The number of likely N-dealkylation sites (N-methyl/N-ethyl adjacent to an activating group) is 1. The molecule has 1 atom stereocenters. The third kappa shape index (κ3) is 3.24. The van der Waals surface area contributed by atoms with E-state index in [4.69, 9.17) is 5.73 Å². The minimum atomic E-state index is -3.83. The number of nitrogens with two attached hydrogens (primary N) is 1. The van der Waals surface area contributed by atoms with Gasteiger partial charge in [0.15, 0.2) is 0 Å². The molecule has 0 saturated carbocycles. The molecule has 0 heterocycles. The van der Waals surface area contributed by atoms with Crippen molar-refractivity contribution in [2.75, 3.05) is 12.8 Å². The van der Waals surface area contributed by atoms with Gasteiger partial charge in [0.25, 0.3) is 0 Å². The van der Waals surface area contributed by atoms with Gasteiger partial charge in [-0.05, 0) is 31.9 Å². The van der Waals surface area contributed by atoms with E-state index >= 15 is 0 Å². The Balaban J connectivity index is 3.22. The topological polar surface area (TPSA) is 101 Å². The Morgan fingerprint density at radius 1 is 1.26 bits per heavy atom. The van der Waals surface area contributed by atoms with Crippen LogP contribution >= 0.6 is 0 Å². The number of aryl methyl sites for hydroxylation is 2. The van der Waals surface area contributed by atoms with Crippen molar-refractivity contribution >= 4 is 21.6 Å². The van der Waals surface area contributed by atoms with E-state index in [0.29, 0.717) is 11.1 Å². The highest BCUT2D eigenvalue weighted by Crippen LogP contribution is 2.25. The van der Waals surface area contributed by atoms with Crippen LogP contribution in [-0.2, 0) is 14.8 Å². The molecule has 0 bridgehead atoms. The Kier molecular flexibility index (Phi) is 4.54. The molecule has 4 N–H and O–H groups in total. The molecule has 0 spiro atoms. The van der Waals surface area contributed by atoms with E-state index < -0.39 is 22.0 Å². The fourth-order valence-corrected chi connectivity index (χ4v) is 3.36. The Labute approximate surface area is 113 Å². The average molecular weight is 285 g/mol. The van der Waals surface area contributed by atoms with Crippen molar-refractivity contribution in [3.63, 3.8) is 0 Å². The van der Waals surface area contributed by atoms with Gasteiger partial charge in [0.05, 0.1) is 11.7 Å². The maximum absolute atomic E-state index is 12.3. The predicted molar refractivity (Wildman–Crippen MR) is 74.2 cm³/mol. The molecule has 0 fully saturated rings. The summed E-state index contributed by atoms with van der Waals surface area (Å²) in [7, 11) is -2.39. The molecule has 6 nitrogen and oxygen atoms in total. The number of carbonyl (C=O) groups is 1. The first-order valence-electron chi connectivity index (χ1n) is 5.80. The number of anilines is 1. The summed E-state index contributed by atoms with van der Waals surface area (Å²) < 4.78 is 26.9. The number of nitrogen functional groups attached to an aromatic ring is 1. The molecule has 0 radical (unpaired) electrons. The Bertz CT molecular complexity index is 596. The Morgan fingerprint density at radius 3 is 2.32 bits per heavy atom. The van der Waals surface area contributed by atoms with E-state index in [-0.39, 0.29) is 10.6 Å². The maximum atomic E-state index is 12.3. The fraction of sp³-hybridized carbons (Fsp3) is 0.417. The van der Waals surface area contributed by atoms with E-state index in [2.05, 4.69) is 10.0 Å². The number of nitrogens with one attached hydrogen (secondary N) is 2. The van der Waals surface area contributed by atoms with Crippen molar-refractivity contribution in [1.82, 2.24) is 10.0 Å². The lowest BCUT2D eigenvalue weighted by Crippen LogP contribution is -2.43. The highest BCUT2D eigenvalue weighted by molar-refractivity contribution is 7.89. The first-order chi connectivity index (χ1) is 8.70. The minimum absolute atomic E-state index is 0.0308. The van der Waals surface area contributed by atoms with Gasteiger partial charge in [0.2, 0.25) is 15.9 Å². The second kappa shape index (κ2) is 5.58. The van der Waals surface area contributed by atoms with Gasteiger partial charge in [-0.3, -0.25) is 4.79 Å². The zero-order chi connectivity index (χ0) is 14.8. The summed E-state index contributed by atoms with van der Waals surface area (Å²) in [5.41, 5.74) is 7.26. The van der Waals surface area contributed by atoms with Gasteiger partial charge in [-0.15, -0.1) is 0 Å². The maximum Gasteiger partial charge on any atom is 0.243 e. The molecular formula is C12H19N3O3S. The first kappa shape index (κ1) is 15.5. The SMILES string of the molecule is CNC(=O)C(C)NS(=O)(=O)c1c(C)ccc(C)c1N. The van der Waals surface area contributed by atoms with Crippen LogP contribution in [0.4, 0.5) is 5.69 Å². The zero-order valence-corrected chi connectivity index (χ0v) is 12.3. The normalized spacial score (nSPS) is 13.1. The van der Waals surface area contributed by atoms with Crippen LogP contribution < -0.4 is 15.8 Å². The molecule has 0 aromatic heterocycles. The third-order valence-electron chi connectivity index (χ3n) is 2.85. The van der Waals surface area contributed by atoms with E-state index in [1.807, 2.05) is 0 Å². The number of hydrogen-bond acceptors (Lipinski definition) is 4. The molecule has 0 aliphatic rings. The van der Waals surface area contributed by atoms with E-state index in [9.17, 15) is 13.2 Å². The largest absolute Gasteiger partial charge is 0.397 e. The number of hydrogen-bond donors (Lipinski definition) is 3. The molecular weight excluding hydrogens is 266 g/mol. The lowest BCUT2D eigenvalue weighted by molar-refractivity contribution is -0.121. The quantitative estimate of drug-likeness (QED) is 0.692. The molecule has 7 heteroatoms. The number of rotatable bonds is 4. The second-order valence-corrected chi connectivity index (χ2v) is 6.05. The van der Waals surface area contributed by atoms with E-state index in [1.165, 1.54) is 14.0 Å². The highest BCUT2D eigenvalue weighted by Gasteiger charge is 2.25. The summed E-state index contributed by atoms with van der Waals surface area (Å²) >= 11 is 0. The average Bonchev–Trinajstić information content (AvgIpc) is 2.32. The summed E-state index contributed by atoms with van der Waals surface area (Å²) in [4.78, 5) is 11.4. The molecule has 1 aromatic carbocycles. The van der Waals surface area contributed by atoms with Crippen LogP contribution in [0, 0.1) is 13.8 Å².